The van der Waals surface area contributed by atoms with Gasteiger partial charge in [-0.25, -0.2) is 4.79 Å². The van der Waals surface area contributed by atoms with E-state index in [4.69, 9.17) is 9.84 Å². The summed E-state index contributed by atoms with van der Waals surface area (Å²) in [6, 6.07) is 10.6. The molecule has 0 bridgehead atoms. The molecule has 124 valence electrons. The molecule has 2 aromatic rings. The summed E-state index contributed by atoms with van der Waals surface area (Å²) < 4.78 is 5.66. The second-order valence-corrected chi connectivity index (χ2v) is 5.97. The number of rotatable bonds is 2. The SMILES string of the molecule is Cc1cccc(C)c1C(=O)N1CCOc2cc(C(=O)O)ccc2C1. The number of hydrogen-bond acceptors (Lipinski definition) is 3. The van der Waals surface area contributed by atoms with E-state index in [0.29, 0.717) is 25.4 Å². The zero-order valence-electron chi connectivity index (χ0n) is 13.7. The van der Waals surface area contributed by atoms with Gasteiger partial charge in [0.05, 0.1) is 12.1 Å². The Bertz CT molecular complexity index is 793. The third kappa shape index (κ3) is 2.97. The summed E-state index contributed by atoms with van der Waals surface area (Å²) in [4.78, 5) is 25.8. The molecule has 3 rings (SSSR count). The first-order valence-corrected chi connectivity index (χ1v) is 7.82. The van der Waals surface area contributed by atoms with Crippen molar-refractivity contribution < 1.29 is 19.4 Å². The Kier molecular flexibility index (Phi) is 4.25. The van der Waals surface area contributed by atoms with Crippen LogP contribution in [0.1, 0.15) is 37.4 Å². The second-order valence-electron chi connectivity index (χ2n) is 5.97. The molecule has 0 atom stereocenters. The van der Waals surface area contributed by atoms with Crippen LogP contribution in [-0.2, 0) is 6.54 Å². The van der Waals surface area contributed by atoms with Gasteiger partial charge < -0.3 is 14.7 Å². The Balaban J connectivity index is 1.91. The van der Waals surface area contributed by atoms with Gasteiger partial charge in [-0.15, -0.1) is 0 Å². The van der Waals surface area contributed by atoms with Crippen LogP contribution in [0.5, 0.6) is 5.75 Å². The average molecular weight is 325 g/mol. The lowest BCUT2D eigenvalue weighted by Crippen LogP contribution is -2.33. The number of carboxylic acid groups (broad SMARTS) is 1. The maximum absolute atomic E-state index is 13.0. The summed E-state index contributed by atoms with van der Waals surface area (Å²) in [6.45, 7) is 5.07. The minimum absolute atomic E-state index is 0.0237. The van der Waals surface area contributed by atoms with E-state index in [1.165, 1.54) is 12.1 Å². The lowest BCUT2D eigenvalue weighted by atomic mass is 10.0. The Morgan fingerprint density at radius 2 is 1.83 bits per heavy atom. The minimum Gasteiger partial charge on any atom is -0.491 e. The standard InChI is InChI=1S/C19H19NO4/c1-12-4-3-5-13(2)17(12)18(21)20-8-9-24-16-10-14(19(22)23)6-7-15(16)11-20/h3-7,10H,8-9,11H2,1-2H3,(H,22,23). The van der Waals surface area contributed by atoms with Crippen molar-refractivity contribution >= 4 is 11.9 Å². The molecule has 0 fully saturated rings. The highest BCUT2D eigenvalue weighted by Gasteiger charge is 2.23. The average Bonchev–Trinajstić information content (AvgIpc) is 2.76. The number of carbonyl (C=O) groups is 2. The van der Waals surface area contributed by atoms with E-state index in [2.05, 4.69) is 0 Å². The van der Waals surface area contributed by atoms with E-state index in [9.17, 15) is 9.59 Å². The third-order valence-corrected chi connectivity index (χ3v) is 4.28. The van der Waals surface area contributed by atoms with Crippen molar-refractivity contribution in [2.75, 3.05) is 13.2 Å². The number of nitrogens with zero attached hydrogens (tertiary/aromatic N) is 1. The first-order chi connectivity index (χ1) is 11.5. The van der Waals surface area contributed by atoms with Gasteiger partial charge in [0, 0.05) is 17.7 Å². The first kappa shape index (κ1) is 16.1. The van der Waals surface area contributed by atoms with Crippen LogP contribution >= 0.6 is 0 Å². The lowest BCUT2D eigenvalue weighted by molar-refractivity contribution is 0.0695. The van der Waals surface area contributed by atoms with Crippen molar-refractivity contribution in [2.24, 2.45) is 0 Å². The Labute approximate surface area is 140 Å². The van der Waals surface area contributed by atoms with Crippen molar-refractivity contribution in [3.63, 3.8) is 0 Å². The molecular formula is C19H19NO4. The van der Waals surface area contributed by atoms with Gasteiger partial charge in [-0.2, -0.15) is 0 Å². The number of aromatic carboxylic acids is 1. The smallest absolute Gasteiger partial charge is 0.335 e. The van der Waals surface area contributed by atoms with Crippen LogP contribution in [0.25, 0.3) is 0 Å². The fraction of sp³-hybridized carbons (Fsp3) is 0.263. The van der Waals surface area contributed by atoms with E-state index in [1.54, 1.807) is 11.0 Å². The molecule has 1 N–H and O–H groups in total. The predicted octanol–water partition coefficient (Wildman–Crippen LogP) is 3.04. The van der Waals surface area contributed by atoms with Gasteiger partial charge in [0.15, 0.2) is 0 Å². The van der Waals surface area contributed by atoms with Crippen LogP contribution in [0.15, 0.2) is 36.4 Å². The van der Waals surface area contributed by atoms with Gasteiger partial charge in [0.2, 0.25) is 0 Å². The maximum atomic E-state index is 13.0. The highest BCUT2D eigenvalue weighted by Crippen LogP contribution is 2.26. The van der Waals surface area contributed by atoms with Crippen LogP contribution in [0, 0.1) is 13.8 Å². The van der Waals surface area contributed by atoms with Crippen LogP contribution in [-0.4, -0.2) is 35.0 Å². The largest absolute Gasteiger partial charge is 0.491 e. The molecule has 0 saturated heterocycles. The van der Waals surface area contributed by atoms with Gasteiger partial charge in [-0.1, -0.05) is 24.3 Å². The topological polar surface area (TPSA) is 66.8 Å². The van der Waals surface area contributed by atoms with Crippen molar-refractivity contribution in [3.8, 4) is 5.75 Å². The quantitative estimate of drug-likeness (QED) is 0.921. The summed E-state index contributed by atoms with van der Waals surface area (Å²) in [7, 11) is 0. The molecule has 0 radical (unpaired) electrons. The Hall–Kier alpha value is -2.82. The molecule has 0 aromatic heterocycles. The van der Waals surface area contributed by atoms with Crippen LogP contribution in [0.4, 0.5) is 0 Å². The number of carboxylic acids is 1. The zero-order valence-corrected chi connectivity index (χ0v) is 13.7. The molecule has 0 aliphatic carbocycles. The van der Waals surface area contributed by atoms with Gasteiger partial charge in [0.1, 0.15) is 12.4 Å². The number of ether oxygens (including phenoxy) is 1. The molecule has 1 aliphatic heterocycles. The fourth-order valence-corrected chi connectivity index (χ4v) is 2.99. The summed E-state index contributed by atoms with van der Waals surface area (Å²) >= 11 is 0. The molecule has 24 heavy (non-hydrogen) atoms. The molecule has 5 heteroatoms. The van der Waals surface area contributed by atoms with Gasteiger partial charge in [0.25, 0.3) is 5.91 Å². The first-order valence-electron chi connectivity index (χ1n) is 7.82. The maximum Gasteiger partial charge on any atom is 0.335 e. The van der Waals surface area contributed by atoms with Crippen molar-refractivity contribution in [1.82, 2.24) is 4.90 Å². The normalized spacial score (nSPS) is 13.7. The number of aryl methyl sites for hydroxylation is 2. The number of fused-ring (bicyclic) bond motifs is 1. The van der Waals surface area contributed by atoms with Crippen LogP contribution in [0.2, 0.25) is 0 Å². The molecule has 1 aliphatic rings. The van der Waals surface area contributed by atoms with Crippen LogP contribution < -0.4 is 4.74 Å². The molecule has 0 unspecified atom stereocenters. The molecule has 0 spiro atoms. The van der Waals surface area contributed by atoms with Gasteiger partial charge >= 0.3 is 5.97 Å². The van der Waals surface area contributed by atoms with E-state index < -0.39 is 5.97 Å². The third-order valence-electron chi connectivity index (χ3n) is 4.28. The molecule has 1 heterocycles. The van der Waals surface area contributed by atoms with E-state index in [1.807, 2.05) is 32.0 Å². The highest BCUT2D eigenvalue weighted by atomic mass is 16.5. The summed E-state index contributed by atoms with van der Waals surface area (Å²) in [5.74, 6) is -0.481. The van der Waals surface area contributed by atoms with Crippen molar-refractivity contribution in [2.45, 2.75) is 20.4 Å². The molecule has 0 saturated carbocycles. The minimum atomic E-state index is -0.992. The predicted molar refractivity (Wildman–Crippen MR) is 89.6 cm³/mol. The summed E-state index contributed by atoms with van der Waals surface area (Å²) in [6.07, 6.45) is 0. The molecule has 1 amide bonds. The van der Waals surface area contributed by atoms with Crippen molar-refractivity contribution in [3.05, 3.63) is 64.2 Å². The summed E-state index contributed by atoms with van der Waals surface area (Å²) in [5, 5.41) is 9.09. The number of benzene rings is 2. The fourth-order valence-electron chi connectivity index (χ4n) is 2.99. The monoisotopic (exact) mass is 325 g/mol. The van der Waals surface area contributed by atoms with Gasteiger partial charge in [-0.05, 0) is 37.1 Å². The molecular weight excluding hydrogens is 306 g/mol. The number of hydrogen-bond donors (Lipinski definition) is 1. The zero-order chi connectivity index (χ0) is 17.3. The molecule has 2 aromatic carbocycles. The Morgan fingerprint density at radius 3 is 2.50 bits per heavy atom. The number of carbonyl (C=O) groups excluding carboxylic acids is 1. The highest BCUT2D eigenvalue weighted by molar-refractivity contribution is 5.97. The summed E-state index contributed by atoms with van der Waals surface area (Å²) in [5.41, 5.74) is 3.63. The second kappa shape index (κ2) is 6.35. The van der Waals surface area contributed by atoms with E-state index in [-0.39, 0.29) is 11.5 Å². The molecule has 5 nitrogen and oxygen atoms in total. The van der Waals surface area contributed by atoms with Gasteiger partial charge in [-0.3, -0.25) is 4.79 Å². The van der Waals surface area contributed by atoms with E-state index >= 15 is 0 Å². The van der Waals surface area contributed by atoms with E-state index in [0.717, 1.165) is 22.3 Å². The van der Waals surface area contributed by atoms with Crippen LogP contribution in [0.3, 0.4) is 0 Å². The van der Waals surface area contributed by atoms with Crippen molar-refractivity contribution in [1.29, 1.82) is 0 Å². The Morgan fingerprint density at radius 1 is 1.12 bits per heavy atom. The number of amides is 1. The lowest BCUT2D eigenvalue weighted by Gasteiger charge is -2.22.